The Labute approximate surface area is 575 Å². The van der Waals surface area contributed by atoms with E-state index in [9.17, 15) is 19.0 Å². The minimum Gasteiger partial charge on any atom is -0.462 e. The summed E-state index contributed by atoms with van der Waals surface area (Å²) in [5, 5.41) is 0. The molecule has 3 N–H and O–H groups in total. The van der Waals surface area contributed by atoms with Gasteiger partial charge >= 0.3 is 19.8 Å². The molecule has 538 valence electrons. The Bertz CT molecular complexity index is 1900. The van der Waals surface area contributed by atoms with Crippen LogP contribution >= 0.6 is 7.82 Å². The third-order valence-electron chi connectivity index (χ3n) is 17.2. The fraction of sp³-hybridized carbons (Fsp3) is 0.759. The molecule has 2 unspecified atom stereocenters. The molecule has 0 aromatic carbocycles. The SMILES string of the molecule is CC/C=C\C/C=C\C/C=C\C/C=C\C/C=C\CCCCCCCCCCCCCCCCCCCCCCCCCCCC(=O)OC(COC(=O)CCCCCCCCCCCCCCCCCCCC/C=C\C/C=C\C/C=C\C/C=C\CC)COP(=O)(O)OCCN. The van der Waals surface area contributed by atoms with E-state index in [4.69, 9.17) is 24.3 Å². The van der Waals surface area contributed by atoms with Crippen LogP contribution < -0.4 is 5.73 Å². The van der Waals surface area contributed by atoms with Gasteiger partial charge in [0.1, 0.15) is 6.61 Å². The van der Waals surface area contributed by atoms with E-state index in [0.29, 0.717) is 6.42 Å². The van der Waals surface area contributed by atoms with Crippen LogP contribution in [-0.4, -0.2) is 49.3 Å². The number of unbranched alkanes of at least 4 members (excludes halogenated alkanes) is 43. The normalized spacial score (nSPS) is 13.5. The third-order valence-corrected chi connectivity index (χ3v) is 18.1. The molecule has 0 saturated heterocycles. The Morgan fingerprint density at radius 3 is 0.828 bits per heavy atom. The van der Waals surface area contributed by atoms with Crippen molar-refractivity contribution in [1.29, 1.82) is 0 Å². The first-order valence-electron chi connectivity index (χ1n) is 39.4. The summed E-state index contributed by atoms with van der Waals surface area (Å²) in [7, 11) is -4.40. The van der Waals surface area contributed by atoms with Crippen LogP contribution in [0.4, 0.5) is 0 Å². The molecule has 0 aromatic rings. The molecule has 0 rings (SSSR count). The van der Waals surface area contributed by atoms with E-state index in [-0.39, 0.29) is 38.6 Å². The number of hydrogen-bond acceptors (Lipinski definition) is 8. The predicted octanol–water partition coefficient (Wildman–Crippen LogP) is 26.4. The Balaban J connectivity index is 3.77. The van der Waals surface area contributed by atoms with Crippen LogP contribution in [0.25, 0.3) is 0 Å². The van der Waals surface area contributed by atoms with E-state index in [2.05, 4.69) is 123 Å². The fourth-order valence-corrected chi connectivity index (χ4v) is 12.2. The molecule has 0 bridgehead atoms. The molecule has 0 aliphatic rings. The lowest BCUT2D eigenvalue weighted by molar-refractivity contribution is -0.161. The van der Waals surface area contributed by atoms with E-state index >= 15 is 0 Å². The number of esters is 2. The molecule has 0 heterocycles. The maximum absolute atomic E-state index is 12.8. The molecule has 0 radical (unpaired) electrons. The van der Waals surface area contributed by atoms with Crippen molar-refractivity contribution in [2.75, 3.05) is 26.4 Å². The monoisotopic (exact) mass is 1320 g/mol. The molecular formula is C83H148NO8P. The molecule has 0 aliphatic heterocycles. The van der Waals surface area contributed by atoms with Crippen molar-refractivity contribution in [3.63, 3.8) is 0 Å². The smallest absolute Gasteiger partial charge is 0.462 e. The van der Waals surface area contributed by atoms with E-state index in [1.165, 1.54) is 250 Å². The van der Waals surface area contributed by atoms with Gasteiger partial charge in [0.2, 0.25) is 0 Å². The third kappa shape index (κ3) is 77.6. The molecule has 0 spiro atoms. The quantitative estimate of drug-likeness (QED) is 0.0264. The molecular weight excluding hydrogens is 1170 g/mol. The molecule has 93 heavy (non-hydrogen) atoms. The van der Waals surface area contributed by atoms with Crippen LogP contribution in [0.2, 0.25) is 0 Å². The number of phosphoric acid groups is 1. The Kier molecular flexibility index (Phi) is 74.9. The summed E-state index contributed by atoms with van der Waals surface area (Å²) in [4.78, 5) is 35.5. The molecule has 9 nitrogen and oxygen atoms in total. The number of ether oxygens (including phenoxy) is 2. The summed E-state index contributed by atoms with van der Waals surface area (Å²) in [6.07, 6.45) is 108. The lowest BCUT2D eigenvalue weighted by atomic mass is 10.0. The highest BCUT2D eigenvalue weighted by molar-refractivity contribution is 7.47. The summed E-state index contributed by atoms with van der Waals surface area (Å²) in [5.41, 5.74) is 5.41. The topological polar surface area (TPSA) is 134 Å². The van der Waals surface area contributed by atoms with Gasteiger partial charge in [-0.1, -0.05) is 374 Å². The zero-order valence-electron chi connectivity index (χ0n) is 60.7. The van der Waals surface area contributed by atoms with Crippen LogP contribution in [0.3, 0.4) is 0 Å². The maximum Gasteiger partial charge on any atom is 0.472 e. The van der Waals surface area contributed by atoms with Crippen molar-refractivity contribution < 1.29 is 37.6 Å². The van der Waals surface area contributed by atoms with Crippen LogP contribution in [0.1, 0.15) is 373 Å². The Hall–Kier alpha value is -3.33. The van der Waals surface area contributed by atoms with Crippen LogP contribution in [0, 0.1) is 0 Å². The van der Waals surface area contributed by atoms with Gasteiger partial charge in [0, 0.05) is 19.4 Å². The molecule has 0 aromatic heterocycles. The minimum absolute atomic E-state index is 0.0531. The van der Waals surface area contributed by atoms with Gasteiger partial charge in [-0.05, 0) is 96.3 Å². The number of rotatable bonds is 74. The van der Waals surface area contributed by atoms with Crippen molar-refractivity contribution >= 4 is 19.8 Å². The summed E-state index contributed by atoms with van der Waals surface area (Å²) in [6.45, 7) is 3.57. The van der Waals surface area contributed by atoms with Crippen LogP contribution in [0.15, 0.2) is 109 Å². The van der Waals surface area contributed by atoms with E-state index in [0.717, 1.165) is 89.9 Å². The van der Waals surface area contributed by atoms with Gasteiger partial charge in [0.15, 0.2) is 6.10 Å². The zero-order chi connectivity index (χ0) is 67.2. The number of allylic oxidation sites excluding steroid dienone is 18. The highest BCUT2D eigenvalue weighted by Gasteiger charge is 2.26. The summed E-state index contributed by atoms with van der Waals surface area (Å²) >= 11 is 0. The average molecular weight is 1320 g/mol. The number of phosphoric ester groups is 1. The summed E-state index contributed by atoms with van der Waals surface area (Å²) in [6, 6.07) is 0. The van der Waals surface area contributed by atoms with Gasteiger partial charge in [-0.2, -0.15) is 0 Å². The van der Waals surface area contributed by atoms with Crippen molar-refractivity contribution in [2.24, 2.45) is 5.73 Å². The molecule has 2 atom stereocenters. The maximum atomic E-state index is 12.8. The van der Waals surface area contributed by atoms with Crippen molar-refractivity contribution in [3.8, 4) is 0 Å². The second kappa shape index (κ2) is 77.7. The summed E-state index contributed by atoms with van der Waals surface area (Å²) in [5.74, 6) is -0.810. The molecule has 0 aliphatic carbocycles. The number of carbonyl (C=O) groups is 2. The first-order valence-corrected chi connectivity index (χ1v) is 40.9. The van der Waals surface area contributed by atoms with Crippen molar-refractivity contribution in [1.82, 2.24) is 0 Å². The lowest BCUT2D eigenvalue weighted by Gasteiger charge is -2.19. The van der Waals surface area contributed by atoms with Gasteiger partial charge in [0.05, 0.1) is 13.2 Å². The van der Waals surface area contributed by atoms with Crippen molar-refractivity contribution in [2.45, 2.75) is 380 Å². The van der Waals surface area contributed by atoms with Gasteiger partial charge < -0.3 is 20.1 Å². The highest BCUT2D eigenvalue weighted by atomic mass is 31.2. The van der Waals surface area contributed by atoms with Gasteiger partial charge in [-0.25, -0.2) is 4.57 Å². The summed E-state index contributed by atoms with van der Waals surface area (Å²) < 4.78 is 33.3. The van der Waals surface area contributed by atoms with E-state index in [1.807, 2.05) is 0 Å². The van der Waals surface area contributed by atoms with Crippen molar-refractivity contribution in [3.05, 3.63) is 109 Å². The zero-order valence-corrected chi connectivity index (χ0v) is 61.6. The predicted molar refractivity (Wildman–Crippen MR) is 404 cm³/mol. The Morgan fingerprint density at radius 2 is 0.559 bits per heavy atom. The van der Waals surface area contributed by atoms with Crippen LogP contribution in [-0.2, 0) is 32.7 Å². The molecule has 0 amide bonds. The van der Waals surface area contributed by atoms with Gasteiger partial charge in [0.25, 0.3) is 0 Å². The molecule has 10 heteroatoms. The molecule has 0 saturated carbocycles. The first-order chi connectivity index (χ1) is 45.8. The minimum atomic E-state index is -4.40. The second-order valence-electron chi connectivity index (χ2n) is 26.2. The first kappa shape index (κ1) is 89.7. The van der Waals surface area contributed by atoms with E-state index < -0.39 is 26.5 Å². The number of nitrogens with two attached hydrogens (primary N) is 1. The van der Waals surface area contributed by atoms with E-state index in [1.54, 1.807) is 0 Å². The number of hydrogen-bond donors (Lipinski definition) is 2. The molecule has 0 fully saturated rings. The fourth-order valence-electron chi connectivity index (χ4n) is 11.4. The largest absolute Gasteiger partial charge is 0.472 e. The van der Waals surface area contributed by atoms with Gasteiger partial charge in [-0.15, -0.1) is 0 Å². The highest BCUT2D eigenvalue weighted by Crippen LogP contribution is 2.43. The average Bonchev–Trinajstić information content (AvgIpc) is 3.49. The van der Waals surface area contributed by atoms with Crippen LogP contribution in [0.5, 0.6) is 0 Å². The van der Waals surface area contributed by atoms with Gasteiger partial charge in [-0.3, -0.25) is 18.6 Å². The Morgan fingerprint density at radius 1 is 0.323 bits per heavy atom. The lowest BCUT2D eigenvalue weighted by Crippen LogP contribution is -2.29. The standard InChI is InChI=1S/C83H148NO8P/c1-3-5-7-9-11-13-15-17-19-21-23-25-27-29-31-33-35-36-37-38-39-40-41-42-43-44-46-48-50-52-54-56-58-60-62-64-66-68-70-72-74-76-83(86)92-81(80-91-93(87,88)90-78-77-84)79-89-82(85)75-73-71-69-67-65-63-61-59-57-55-53-51-49-47-45-34-32-30-28-26-24-22-20-18-16-14-12-10-8-6-4-2/h5-8,11-14,17-20,23-26,29,31,81H,3-4,9-10,15-16,21-22,27-28,30,32-80,84H2,1-2H3,(H,87,88)/b7-5-,8-6-,13-11-,14-12-,19-17-,20-18-,25-23-,26-24-,31-29-. The second-order valence-corrected chi connectivity index (χ2v) is 27.6. The number of carbonyl (C=O) groups excluding carboxylic acids is 2.